The third kappa shape index (κ3) is 4.32. The van der Waals surface area contributed by atoms with Gasteiger partial charge >= 0.3 is 5.97 Å². The Morgan fingerprint density at radius 1 is 1.14 bits per heavy atom. The zero-order valence-electron chi connectivity index (χ0n) is 15.3. The topological polar surface area (TPSA) is 78.3 Å². The molecule has 0 saturated heterocycles. The molecule has 0 saturated carbocycles. The molecule has 5 nitrogen and oxygen atoms in total. The normalized spacial score (nSPS) is 12.3. The van der Waals surface area contributed by atoms with Gasteiger partial charge in [0.25, 0.3) is 0 Å². The number of para-hydroxylation sites is 1. The second-order valence-electron chi connectivity index (χ2n) is 6.73. The van der Waals surface area contributed by atoms with Crippen LogP contribution >= 0.6 is 23.2 Å². The molecule has 0 aliphatic rings. The van der Waals surface area contributed by atoms with Gasteiger partial charge in [-0.05, 0) is 42.0 Å². The Morgan fingerprint density at radius 3 is 2.79 bits per heavy atom. The standard InChI is InChI=1S/C22H18Cl2N2O3/c23-14-5-7-18(24)17(10-14)21-8-6-15(29-21)12-26-20(22(27)28)9-13-11-25-19-4-2-1-3-16(13)19/h1-8,10-11,20,25-26H,9,12H2,(H,27,28)/t20-/m0/s1. The number of nitrogens with one attached hydrogen (secondary N) is 2. The summed E-state index contributed by atoms with van der Waals surface area (Å²) >= 11 is 12.3. The maximum atomic E-state index is 11.8. The van der Waals surface area contributed by atoms with Crippen molar-refractivity contribution in [2.24, 2.45) is 0 Å². The first-order valence-corrected chi connectivity index (χ1v) is 9.82. The number of carboxylic acids is 1. The Kier molecular flexibility index (Phi) is 5.62. The summed E-state index contributed by atoms with van der Waals surface area (Å²) < 4.78 is 5.84. The van der Waals surface area contributed by atoms with E-state index in [1.54, 1.807) is 30.3 Å². The molecule has 0 aliphatic heterocycles. The van der Waals surface area contributed by atoms with Crippen molar-refractivity contribution in [2.45, 2.75) is 19.0 Å². The molecule has 0 aliphatic carbocycles. The van der Waals surface area contributed by atoms with Crippen molar-refractivity contribution < 1.29 is 14.3 Å². The molecule has 2 aromatic carbocycles. The number of H-pyrrole nitrogens is 1. The van der Waals surface area contributed by atoms with E-state index in [9.17, 15) is 9.90 Å². The average Bonchev–Trinajstić information content (AvgIpc) is 3.34. The highest BCUT2D eigenvalue weighted by Crippen LogP contribution is 2.31. The zero-order valence-corrected chi connectivity index (χ0v) is 16.8. The lowest BCUT2D eigenvalue weighted by Gasteiger charge is -2.13. The molecule has 148 valence electrons. The Labute approximate surface area is 177 Å². The lowest BCUT2D eigenvalue weighted by Crippen LogP contribution is -2.37. The Morgan fingerprint density at radius 2 is 1.97 bits per heavy atom. The van der Waals surface area contributed by atoms with Gasteiger partial charge in [0.2, 0.25) is 0 Å². The molecule has 0 radical (unpaired) electrons. The van der Waals surface area contributed by atoms with E-state index in [4.69, 9.17) is 27.6 Å². The Balaban J connectivity index is 1.47. The van der Waals surface area contributed by atoms with Crippen LogP contribution in [0.25, 0.3) is 22.2 Å². The number of carboxylic acid groups (broad SMARTS) is 1. The van der Waals surface area contributed by atoms with Crippen molar-refractivity contribution in [3.05, 3.63) is 82.2 Å². The molecule has 4 aromatic rings. The van der Waals surface area contributed by atoms with Crippen LogP contribution in [0.3, 0.4) is 0 Å². The fourth-order valence-corrected chi connectivity index (χ4v) is 3.68. The lowest BCUT2D eigenvalue weighted by molar-refractivity contribution is -0.139. The van der Waals surface area contributed by atoms with E-state index >= 15 is 0 Å². The zero-order chi connectivity index (χ0) is 20.4. The van der Waals surface area contributed by atoms with Crippen molar-refractivity contribution in [3.63, 3.8) is 0 Å². The number of aromatic nitrogens is 1. The summed E-state index contributed by atoms with van der Waals surface area (Å²) in [6, 6.07) is 15.8. The minimum Gasteiger partial charge on any atom is -0.480 e. The summed E-state index contributed by atoms with van der Waals surface area (Å²) in [5.74, 6) is 0.277. The van der Waals surface area contributed by atoms with Crippen LogP contribution in [0.5, 0.6) is 0 Å². The molecular formula is C22H18Cl2N2O3. The first kappa shape index (κ1) is 19.6. The molecule has 0 unspecified atom stereocenters. The van der Waals surface area contributed by atoms with Gasteiger partial charge in [0.1, 0.15) is 17.6 Å². The molecular weight excluding hydrogens is 411 g/mol. The number of furan rings is 1. The summed E-state index contributed by atoms with van der Waals surface area (Å²) in [4.78, 5) is 14.9. The van der Waals surface area contributed by atoms with Crippen LogP contribution in [0, 0.1) is 0 Å². The summed E-state index contributed by atoms with van der Waals surface area (Å²) in [6.45, 7) is 0.275. The smallest absolute Gasteiger partial charge is 0.321 e. The molecule has 0 spiro atoms. The lowest BCUT2D eigenvalue weighted by atomic mass is 10.0. The van der Waals surface area contributed by atoms with Crippen molar-refractivity contribution in [2.75, 3.05) is 0 Å². The highest BCUT2D eigenvalue weighted by atomic mass is 35.5. The highest BCUT2D eigenvalue weighted by molar-refractivity contribution is 6.35. The van der Waals surface area contributed by atoms with Gasteiger partial charge in [-0.2, -0.15) is 0 Å². The van der Waals surface area contributed by atoms with Crippen molar-refractivity contribution in [1.82, 2.24) is 10.3 Å². The van der Waals surface area contributed by atoms with Crippen molar-refractivity contribution >= 4 is 40.1 Å². The summed E-state index contributed by atoms with van der Waals surface area (Å²) in [6.07, 6.45) is 2.21. The fraction of sp³-hybridized carbons (Fsp3) is 0.136. The number of rotatable bonds is 7. The minimum atomic E-state index is -0.917. The van der Waals surface area contributed by atoms with Crippen LogP contribution in [0.1, 0.15) is 11.3 Å². The number of halogens is 2. The Hall–Kier alpha value is -2.73. The number of fused-ring (bicyclic) bond motifs is 1. The van der Waals surface area contributed by atoms with Crippen molar-refractivity contribution in [3.8, 4) is 11.3 Å². The molecule has 2 aromatic heterocycles. The van der Waals surface area contributed by atoms with Crippen LogP contribution in [0.4, 0.5) is 0 Å². The van der Waals surface area contributed by atoms with E-state index in [-0.39, 0.29) is 6.54 Å². The maximum absolute atomic E-state index is 11.8. The number of benzene rings is 2. The summed E-state index contributed by atoms with van der Waals surface area (Å²) in [5.41, 5.74) is 2.63. The van der Waals surface area contributed by atoms with Gasteiger partial charge in [0, 0.05) is 34.1 Å². The summed E-state index contributed by atoms with van der Waals surface area (Å²) in [5, 5.41) is 14.8. The van der Waals surface area contributed by atoms with Crippen LogP contribution in [0.15, 0.2) is 65.2 Å². The minimum absolute atomic E-state index is 0.275. The van der Waals surface area contributed by atoms with E-state index < -0.39 is 12.0 Å². The first-order chi connectivity index (χ1) is 14.0. The van der Waals surface area contributed by atoms with Crippen LogP contribution < -0.4 is 5.32 Å². The number of aromatic amines is 1. The molecule has 1 atom stereocenters. The van der Waals surface area contributed by atoms with Crippen molar-refractivity contribution in [1.29, 1.82) is 0 Å². The van der Waals surface area contributed by atoms with Gasteiger partial charge in [-0.15, -0.1) is 0 Å². The largest absolute Gasteiger partial charge is 0.480 e. The predicted molar refractivity (Wildman–Crippen MR) is 114 cm³/mol. The second kappa shape index (κ2) is 8.33. The monoisotopic (exact) mass is 428 g/mol. The molecule has 29 heavy (non-hydrogen) atoms. The van der Waals surface area contributed by atoms with Gasteiger partial charge < -0.3 is 14.5 Å². The molecule has 0 fully saturated rings. The second-order valence-corrected chi connectivity index (χ2v) is 7.57. The molecule has 2 heterocycles. The van der Waals surface area contributed by atoms with E-state index in [2.05, 4.69) is 10.3 Å². The van der Waals surface area contributed by atoms with Gasteiger partial charge in [-0.1, -0.05) is 41.4 Å². The van der Waals surface area contributed by atoms with Crippen LogP contribution in [-0.4, -0.2) is 22.1 Å². The highest BCUT2D eigenvalue weighted by Gasteiger charge is 2.20. The van der Waals surface area contributed by atoms with Gasteiger partial charge in [-0.25, -0.2) is 0 Å². The van der Waals surface area contributed by atoms with Gasteiger partial charge in [0.05, 0.1) is 11.6 Å². The molecule has 3 N–H and O–H groups in total. The Bertz CT molecular complexity index is 1170. The molecule has 0 amide bonds. The third-order valence-electron chi connectivity index (χ3n) is 4.78. The van der Waals surface area contributed by atoms with Gasteiger partial charge in [0.15, 0.2) is 0 Å². The first-order valence-electron chi connectivity index (χ1n) is 9.06. The van der Waals surface area contributed by atoms with E-state index in [0.29, 0.717) is 33.6 Å². The maximum Gasteiger partial charge on any atom is 0.321 e. The number of hydrogen-bond donors (Lipinski definition) is 3. The molecule has 4 rings (SSSR count). The SMILES string of the molecule is O=C(O)[C@H](Cc1c[nH]c2ccccc12)NCc1ccc(-c2cc(Cl)ccc2Cl)o1. The van der Waals surface area contributed by atoms with E-state index in [1.165, 1.54) is 0 Å². The van der Waals surface area contributed by atoms with Gasteiger partial charge in [-0.3, -0.25) is 10.1 Å². The quantitative estimate of drug-likeness (QED) is 0.362. The molecule has 7 heteroatoms. The number of carbonyl (C=O) groups is 1. The van der Waals surface area contributed by atoms with Crippen LogP contribution in [0.2, 0.25) is 10.0 Å². The average molecular weight is 429 g/mol. The van der Waals surface area contributed by atoms with E-state index in [0.717, 1.165) is 16.5 Å². The number of aliphatic carboxylic acids is 1. The third-order valence-corrected chi connectivity index (χ3v) is 5.34. The molecule has 0 bridgehead atoms. The predicted octanol–water partition coefficient (Wildman–Crippen LogP) is 5.52. The fourth-order valence-electron chi connectivity index (χ4n) is 3.29. The summed E-state index contributed by atoms with van der Waals surface area (Å²) in [7, 11) is 0. The van der Waals surface area contributed by atoms with E-state index in [1.807, 2.05) is 30.5 Å². The number of hydrogen-bond acceptors (Lipinski definition) is 3. The van der Waals surface area contributed by atoms with Crippen LogP contribution in [-0.2, 0) is 17.8 Å².